The Labute approximate surface area is 340 Å². The van der Waals surface area contributed by atoms with Crippen molar-refractivity contribution in [3.05, 3.63) is 206 Å². The molecule has 0 aliphatic heterocycles. The first-order valence-corrected chi connectivity index (χ1v) is 20.0. The summed E-state index contributed by atoms with van der Waals surface area (Å²) >= 11 is 0. The molecule has 0 spiro atoms. The summed E-state index contributed by atoms with van der Waals surface area (Å²) in [6.45, 7) is 0. The average molecular weight is 751 g/mol. The SMILES string of the molecule is c1ccc(-c2ccc3ccc4ccc(-c5ccc(-c6cccc7c8cc9c(cc8n(-c8ccccc8)c67)c(-c6ccccc6)nc6ccccc69)cc5)nc4c3n2)cc1. The zero-order valence-corrected chi connectivity index (χ0v) is 31.9. The van der Waals surface area contributed by atoms with E-state index < -0.39 is 0 Å². The number of aromatic nitrogens is 4. The van der Waals surface area contributed by atoms with E-state index in [4.69, 9.17) is 15.0 Å². The first-order valence-electron chi connectivity index (χ1n) is 20.0. The lowest BCUT2D eigenvalue weighted by Gasteiger charge is -2.13. The van der Waals surface area contributed by atoms with Gasteiger partial charge < -0.3 is 4.57 Å². The molecule has 59 heavy (non-hydrogen) atoms. The summed E-state index contributed by atoms with van der Waals surface area (Å²) in [5, 5.41) is 8.05. The molecular formula is C55H34N4. The maximum atomic E-state index is 5.27. The molecule has 0 bridgehead atoms. The summed E-state index contributed by atoms with van der Waals surface area (Å²) in [4.78, 5) is 15.6. The van der Waals surface area contributed by atoms with Crippen LogP contribution in [0.3, 0.4) is 0 Å². The molecule has 0 radical (unpaired) electrons. The molecule has 0 fully saturated rings. The molecule has 0 atom stereocenters. The zero-order chi connectivity index (χ0) is 38.9. The largest absolute Gasteiger partial charge is 0.309 e. The molecular weight excluding hydrogens is 717 g/mol. The average Bonchev–Trinajstić information content (AvgIpc) is 3.64. The minimum absolute atomic E-state index is 0.907. The van der Waals surface area contributed by atoms with E-state index in [-0.39, 0.29) is 0 Å². The van der Waals surface area contributed by atoms with Gasteiger partial charge in [-0.15, -0.1) is 0 Å². The van der Waals surface area contributed by atoms with E-state index in [0.717, 1.165) is 88.6 Å². The van der Waals surface area contributed by atoms with Crippen molar-refractivity contribution < 1.29 is 0 Å². The molecule has 0 unspecified atom stereocenters. The second-order valence-corrected chi connectivity index (χ2v) is 15.2. The van der Waals surface area contributed by atoms with Crippen molar-refractivity contribution in [2.45, 2.75) is 0 Å². The van der Waals surface area contributed by atoms with Gasteiger partial charge in [0, 0.05) is 60.3 Å². The van der Waals surface area contributed by atoms with Gasteiger partial charge in [-0.05, 0) is 53.4 Å². The molecule has 0 saturated heterocycles. The van der Waals surface area contributed by atoms with Crippen LogP contribution in [0, 0.1) is 0 Å². The maximum absolute atomic E-state index is 5.27. The molecule has 4 aromatic heterocycles. The van der Waals surface area contributed by atoms with Crippen LogP contribution in [0.4, 0.5) is 0 Å². The van der Waals surface area contributed by atoms with E-state index in [9.17, 15) is 0 Å². The number of benzene rings is 8. The Balaban J connectivity index is 1.04. The number of rotatable bonds is 5. The van der Waals surface area contributed by atoms with Crippen LogP contribution in [-0.4, -0.2) is 19.5 Å². The van der Waals surface area contributed by atoms with Crippen molar-refractivity contribution in [3.63, 3.8) is 0 Å². The van der Waals surface area contributed by atoms with Crippen molar-refractivity contribution in [2.24, 2.45) is 0 Å². The molecule has 12 rings (SSSR count). The third kappa shape index (κ3) is 5.42. The molecule has 0 saturated carbocycles. The fraction of sp³-hybridized carbons (Fsp3) is 0. The van der Waals surface area contributed by atoms with Crippen molar-refractivity contribution in [2.75, 3.05) is 0 Å². The van der Waals surface area contributed by atoms with Gasteiger partial charge in [0.1, 0.15) is 0 Å². The van der Waals surface area contributed by atoms with Crippen molar-refractivity contribution in [1.29, 1.82) is 0 Å². The number of pyridine rings is 3. The third-order valence-corrected chi connectivity index (χ3v) is 11.8. The lowest BCUT2D eigenvalue weighted by Crippen LogP contribution is -1.96. The Morgan fingerprint density at radius 2 is 0.898 bits per heavy atom. The van der Waals surface area contributed by atoms with Crippen LogP contribution in [0.5, 0.6) is 0 Å². The van der Waals surface area contributed by atoms with Crippen LogP contribution in [0.25, 0.3) is 116 Å². The topological polar surface area (TPSA) is 43.6 Å². The fourth-order valence-corrected chi connectivity index (χ4v) is 8.92. The first kappa shape index (κ1) is 33.2. The molecule has 4 nitrogen and oxygen atoms in total. The number of hydrogen-bond acceptors (Lipinski definition) is 3. The highest BCUT2D eigenvalue weighted by Crippen LogP contribution is 2.43. The van der Waals surface area contributed by atoms with E-state index >= 15 is 0 Å². The first-order chi connectivity index (χ1) is 29.2. The number of fused-ring (bicyclic) bond motifs is 9. The Kier molecular flexibility index (Phi) is 7.50. The van der Waals surface area contributed by atoms with Crippen LogP contribution in [-0.2, 0) is 0 Å². The van der Waals surface area contributed by atoms with Crippen LogP contribution < -0.4 is 0 Å². The van der Waals surface area contributed by atoms with E-state index in [1.54, 1.807) is 0 Å². The van der Waals surface area contributed by atoms with Gasteiger partial charge in [-0.3, -0.25) is 0 Å². The predicted molar refractivity (Wildman–Crippen MR) is 246 cm³/mol. The van der Waals surface area contributed by atoms with Crippen LogP contribution in [0.2, 0.25) is 0 Å². The highest BCUT2D eigenvalue weighted by molar-refractivity contribution is 6.22. The van der Waals surface area contributed by atoms with Crippen molar-refractivity contribution in [1.82, 2.24) is 19.5 Å². The minimum atomic E-state index is 0.907. The second kappa shape index (κ2) is 13.3. The van der Waals surface area contributed by atoms with E-state index in [2.05, 4.69) is 205 Å². The molecule has 4 heterocycles. The number of para-hydroxylation sites is 3. The summed E-state index contributed by atoms with van der Waals surface area (Å²) in [6, 6.07) is 73.2. The Morgan fingerprint density at radius 3 is 1.59 bits per heavy atom. The predicted octanol–water partition coefficient (Wildman–Crippen LogP) is 14.2. The van der Waals surface area contributed by atoms with E-state index in [0.29, 0.717) is 0 Å². The lowest BCUT2D eigenvalue weighted by atomic mass is 9.97. The van der Waals surface area contributed by atoms with Gasteiger partial charge in [0.2, 0.25) is 0 Å². The Bertz CT molecular complexity index is 3580. The standard InChI is InChI=1S/C55H34N4/c1-4-13-36(14-5-1)48-31-29-39-27-28-40-30-32-49(57-54(40)53(39)56-48)37-25-23-35(24-26-37)42-20-12-21-44-46-33-45-43-19-10-11-22-50(43)58-52(38-15-6-2-7-16-38)47(45)34-51(46)59(55(42)44)41-17-8-3-9-18-41/h1-34H. The summed E-state index contributed by atoms with van der Waals surface area (Å²) in [7, 11) is 0. The lowest BCUT2D eigenvalue weighted by molar-refractivity contribution is 1.18. The molecule has 12 aromatic rings. The van der Waals surface area contributed by atoms with E-state index in [1.165, 1.54) is 27.2 Å². The second-order valence-electron chi connectivity index (χ2n) is 15.2. The summed E-state index contributed by atoms with van der Waals surface area (Å²) in [5.74, 6) is 0. The number of nitrogens with zero attached hydrogens (tertiary/aromatic N) is 4. The summed E-state index contributed by atoms with van der Waals surface area (Å²) < 4.78 is 2.43. The van der Waals surface area contributed by atoms with Gasteiger partial charge in [0.05, 0.1) is 44.7 Å². The van der Waals surface area contributed by atoms with Crippen LogP contribution in [0.15, 0.2) is 206 Å². The van der Waals surface area contributed by atoms with Gasteiger partial charge >= 0.3 is 0 Å². The molecule has 274 valence electrons. The Morgan fingerprint density at radius 1 is 0.339 bits per heavy atom. The van der Waals surface area contributed by atoms with Gasteiger partial charge in [-0.25, -0.2) is 15.0 Å². The highest BCUT2D eigenvalue weighted by Gasteiger charge is 2.20. The molecule has 0 aliphatic rings. The molecule has 0 N–H and O–H groups in total. The highest BCUT2D eigenvalue weighted by atomic mass is 15.0. The molecule has 4 heteroatoms. The van der Waals surface area contributed by atoms with Crippen molar-refractivity contribution >= 4 is 65.3 Å². The van der Waals surface area contributed by atoms with Gasteiger partial charge in [-0.1, -0.05) is 164 Å². The zero-order valence-electron chi connectivity index (χ0n) is 31.9. The normalized spacial score (nSPS) is 11.7. The minimum Gasteiger partial charge on any atom is -0.309 e. The van der Waals surface area contributed by atoms with Gasteiger partial charge in [0.15, 0.2) is 0 Å². The van der Waals surface area contributed by atoms with Crippen LogP contribution in [0.1, 0.15) is 0 Å². The Hall–Kier alpha value is -7.95. The smallest absolute Gasteiger partial charge is 0.0972 e. The monoisotopic (exact) mass is 750 g/mol. The third-order valence-electron chi connectivity index (χ3n) is 11.8. The molecule has 0 amide bonds. The van der Waals surface area contributed by atoms with Crippen LogP contribution >= 0.6 is 0 Å². The maximum Gasteiger partial charge on any atom is 0.0972 e. The quantitative estimate of drug-likeness (QED) is 0.165. The fourth-order valence-electron chi connectivity index (χ4n) is 8.92. The summed E-state index contributed by atoms with van der Waals surface area (Å²) in [6.07, 6.45) is 0. The van der Waals surface area contributed by atoms with Gasteiger partial charge in [0.25, 0.3) is 0 Å². The molecule has 8 aromatic carbocycles. The van der Waals surface area contributed by atoms with E-state index in [1.807, 2.05) is 6.07 Å². The number of hydrogen-bond donors (Lipinski definition) is 0. The van der Waals surface area contributed by atoms with Gasteiger partial charge in [-0.2, -0.15) is 0 Å². The molecule has 0 aliphatic carbocycles. The summed E-state index contributed by atoms with van der Waals surface area (Å²) in [5.41, 5.74) is 14.7. The van der Waals surface area contributed by atoms with Crippen molar-refractivity contribution in [3.8, 4) is 50.6 Å².